The molecule has 3 rings (SSSR count). The highest BCUT2D eigenvalue weighted by Gasteiger charge is 2.20. The molecule has 0 unspecified atom stereocenters. The van der Waals surface area contributed by atoms with Crippen LogP contribution in [0.1, 0.15) is 23.2 Å². The Bertz CT molecular complexity index is 675. The summed E-state index contributed by atoms with van der Waals surface area (Å²) in [4.78, 5) is 11.9. The predicted octanol–water partition coefficient (Wildman–Crippen LogP) is 3.43. The molecule has 1 N–H and O–H groups in total. The standard InChI is InChI=1S/C17H15NO4/c19-17(8-7-13-4-1-9-20-13)18-12-14(15-5-2-10-21-15)16-6-3-11-22-16/h1-11,14H,12H2,(H,18,19). The summed E-state index contributed by atoms with van der Waals surface area (Å²) in [6.45, 7) is 0.377. The van der Waals surface area contributed by atoms with Crippen LogP contribution >= 0.6 is 0 Å². The molecule has 3 aromatic heterocycles. The van der Waals surface area contributed by atoms with Gasteiger partial charge >= 0.3 is 0 Å². The number of furan rings is 3. The van der Waals surface area contributed by atoms with Crippen molar-refractivity contribution in [2.45, 2.75) is 5.92 Å². The zero-order chi connectivity index (χ0) is 15.2. The van der Waals surface area contributed by atoms with Crippen molar-refractivity contribution in [2.75, 3.05) is 6.54 Å². The van der Waals surface area contributed by atoms with Gasteiger partial charge in [0.2, 0.25) is 5.91 Å². The first kappa shape index (κ1) is 14.0. The van der Waals surface area contributed by atoms with E-state index < -0.39 is 0 Å². The van der Waals surface area contributed by atoms with Crippen molar-refractivity contribution in [3.05, 3.63) is 78.5 Å². The van der Waals surface area contributed by atoms with Crippen LogP contribution in [0.3, 0.4) is 0 Å². The fourth-order valence-electron chi connectivity index (χ4n) is 2.13. The fourth-order valence-corrected chi connectivity index (χ4v) is 2.13. The van der Waals surface area contributed by atoms with Gasteiger partial charge in [0.05, 0.1) is 24.7 Å². The number of hydrogen-bond acceptors (Lipinski definition) is 4. The van der Waals surface area contributed by atoms with Crippen LogP contribution in [0.2, 0.25) is 0 Å². The second-order valence-electron chi connectivity index (χ2n) is 4.68. The first-order chi connectivity index (χ1) is 10.8. The molecule has 0 aromatic carbocycles. The number of carbonyl (C=O) groups is 1. The molecule has 22 heavy (non-hydrogen) atoms. The Labute approximate surface area is 127 Å². The monoisotopic (exact) mass is 297 g/mol. The third kappa shape index (κ3) is 3.38. The molecule has 1 amide bonds. The average molecular weight is 297 g/mol. The predicted molar refractivity (Wildman–Crippen MR) is 80.0 cm³/mol. The van der Waals surface area contributed by atoms with E-state index in [1.165, 1.54) is 6.08 Å². The van der Waals surface area contributed by atoms with Crippen molar-refractivity contribution in [3.8, 4) is 0 Å². The molecule has 0 aliphatic rings. The van der Waals surface area contributed by atoms with Crippen LogP contribution in [0, 0.1) is 0 Å². The highest BCUT2D eigenvalue weighted by Crippen LogP contribution is 2.24. The molecule has 0 radical (unpaired) electrons. The lowest BCUT2D eigenvalue weighted by molar-refractivity contribution is -0.116. The maximum atomic E-state index is 11.9. The summed E-state index contributed by atoms with van der Waals surface area (Å²) in [6, 6.07) is 10.9. The van der Waals surface area contributed by atoms with Crippen LogP contribution in [0.25, 0.3) is 6.08 Å². The van der Waals surface area contributed by atoms with Crippen LogP contribution < -0.4 is 5.32 Å². The first-order valence-corrected chi connectivity index (χ1v) is 6.89. The van der Waals surface area contributed by atoms with Gasteiger partial charge in [0, 0.05) is 12.6 Å². The Balaban J connectivity index is 1.63. The quantitative estimate of drug-likeness (QED) is 0.708. The van der Waals surface area contributed by atoms with E-state index in [9.17, 15) is 4.79 Å². The first-order valence-electron chi connectivity index (χ1n) is 6.89. The van der Waals surface area contributed by atoms with E-state index in [4.69, 9.17) is 13.3 Å². The molecule has 0 bridgehead atoms. The molecule has 0 atom stereocenters. The van der Waals surface area contributed by atoms with E-state index in [1.807, 2.05) is 24.3 Å². The summed E-state index contributed by atoms with van der Waals surface area (Å²) in [6.07, 6.45) is 7.81. The number of carbonyl (C=O) groups excluding carboxylic acids is 1. The highest BCUT2D eigenvalue weighted by molar-refractivity contribution is 5.91. The van der Waals surface area contributed by atoms with E-state index >= 15 is 0 Å². The molecule has 0 saturated carbocycles. The molecular formula is C17H15NO4. The maximum Gasteiger partial charge on any atom is 0.244 e. The van der Waals surface area contributed by atoms with Crippen molar-refractivity contribution in [1.29, 1.82) is 0 Å². The second kappa shape index (κ2) is 6.67. The van der Waals surface area contributed by atoms with Gasteiger partial charge in [-0.25, -0.2) is 0 Å². The van der Waals surface area contributed by atoms with Crippen molar-refractivity contribution >= 4 is 12.0 Å². The average Bonchev–Trinajstić information content (AvgIpc) is 3.27. The lowest BCUT2D eigenvalue weighted by Gasteiger charge is -2.12. The van der Waals surface area contributed by atoms with Crippen molar-refractivity contribution in [3.63, 3.8) is 0 Å². The molecule has 3 aromatic rings. The smallest absolute Gasteiger partial charge is 0.244 e. The molecule has 0 spiro atoms. The zero-order valence-electron chi connectivity index (χ0n) is 11.8. The number of amides is 1. The van der Waals surface area contributed by atoms with E-state index in [-0.39, 0.29) is 11.8 Å². The summed E-state index contributed by atoms with van der Waals surface area (Å²) in [5, 5.41) is 2.83. The minimum atomic E-state index is -0.209. The second-order valence-corrected chi connectivity index (χ2v) is 4.68. The Kier molecular flexibility index (Phi) is 4.25. The van der Waals surface area contributed by atoms with Crippen molar-refractivity contribution in [2.24, 2.45) is 0 Å². The lowest BCUT2D eigenvalue weighted by atomic mass is 10.0. The molecule has 0 fully saturated rings. The van der Waals surface area contributed by atoms with Gasteiger partial charge in [0.25, 0.3) is 0 Å². The molecule has 0 aliphatic carbocycles. The van der Waals surface area contributed by atoms with Crippen LogP contribution in [-0.4, -0.2) is 12.5 Å². The molecular weight excluding hydrogens is 282 g/mol. The SMILES string of the molecule is O=C(C=Cc1ccco1)NCC(c1ccco1)c1ccco1. The lowest BCUT2D eigenvalue weighted by Crippen LogP contribution is -2.27. The number of nitrogens with one attached hydrogen (secondary N) is 1. The summed E-state index contributed by atoms with van der Waals surface area (Å²) in [7, 11) is 0. The zero-order valence-corrected chi connectivity index (χ0v) is 11.8. The van der Waals surface area contributed by atoms with E-state index in [1.54, 1.807) is 37.0 Å². The van der Waals surface area contributed by atoms with Gasteiger partial charge in [-0.05, 0) is 42.5 Å². The Morgan fingerprint density at radius 1 is 1.00 bits per heavy atom. The number of rotatable bonds is 6. The molecule has 0 saturated heterocycles. The van der Waals surface area contributed by atoms with Gasteiger partial charge in [-0.15, -0.1) is 0 Å². The van der Waals surface area contributed by atoms with Gasteiger partial charge in [-0.2, -0.15) is 0 Å². The summed E-state index contributed by atoms with van der Waals surface area (Å²) < 4.78 is 16.0. The van der Waals surface area contributed by atoms with Gasteiger partial charge in [0.15, 0.2) is 0 Å². The summed E-state index contributed by atoms with van der Waals surface area (Å²) in [5.74, 6) is 1.74. The molecule has 0 aliphatic heterocycles. The van der Waals surface area contributed by atoms with Crippen LogP contribution in [0.15, 0.2) is 74.5 Å². The third-order valence-corrected chi connectivity index (χ3v) is 3.20. The van der Waals surface area contributed by atoms with E-state index in [0.717, 1.165) is 11.5 Å². The largest absolute Gasteiger partial charge is 0.469 e. The maximum absolute atomic E-state index is 11.9. The van der Waals surface area contributed by atoms with E-state index in [0.29, 0.717) is 12.3 Å². The topological polar surface area (TPSA) is 68.5 Å². The molecule has 112 valence electrons. The Morgan fingerprint density at radius 2 is 1.64 bits per heavy atom. The molecule has 5 heteroatoms. The van der Waals surface area contributed by atoms with Crippen molar-refractivity contribution in [1.82, 2.24) is 5.32 Å². The van der Waals surface area contributed by atoms with Crippen LogP contribution in [0.4, 0.5) is 0 Å². The van der Waals surface area contributed by atoms with E-state index in [2.05, 4.69) is 5.32 Å². The number of hydrogen-bond donors (Lipinski definition) is 1. The van der Waals surface area contributed by atoms with Crippen LogP contribution in [0.5, 0.6) is 0 Å². The summed E-state index contributed by atoms with van der Waals surface area (Å²) in [5.41, 5.74) is 0. The van der Waals surface area contributed by atoms with Gasteiger partial charge in [0.1, 0.15) is 17.3 Å². The molecule has 3 heterocycles. The Hall–Kier alpha value is -2.95. The third-order valence-electron chi connectivity index (χ3n) is 3.20. The van der Waals surface area contributed by atoms with Gasteiger partial charge in [-0.3, -0.25) is 4.79 Å². The Morgan fingerprint density at radius 3 is 2.18 bits per heavy atom. The highest BCUT2D eigenvalue weighted by atomic mass is 16.3. The molecule has 5 nitrogen and oxygen atoms in total. The van der Waals surface area contributed by atoms with Gasteiger partial charge < -0.3 is 18.6 Å². The van der Waals surface area contributed by atoms with Gasteiger partial charge in [-0.1, -0.05) is 0 Å². The minimum Gasteiger partial charge on any atom is -0.469 e. The van der Waals surface area contributed by atoms with Crippen LogP contribution in [-0.2, 0) is 4.79 Å². The normalized spacial score (nSPS) is 11.3. The summed E-state index contributed by atoms with van der Waals surface area (Å²) >= 11 is 0. The van der Waals surface area contributed by atoms with Crippen molar-refractivity contribution < 1.29 is 18.0 Å². The fraction of sp³-hybridized carbons (Fsp3) is 0.118. The minimum absolute atomic E-state index is 0.161.